The van der Waals surface area contributed by atoms with Crippen LogP contribution in [0.25, 0.3) is 0 Å². The number of benzene rings is 1. The highest BCUT2D eigenvalue weighted by Crippen LogP contribution is 2.32. The highest BCUT2D eigenvalue weighted by Gasteiger charge is 2.33. The molecule has 0 aliphatic carbocycles. The average Bonchev–Trinajstić information content (AvgIpc) is 2.99. The van der Waals surface area contributed by atoms with Crippen LogP contribution in [-0.2, 0) is 6.54 Å². The van der Waals surface area contributed by atoms with Crippen LogP contribution < -0.4 is 15.9 Å². The van der Waals surface area contributed by atoms with Crippen LogP contribution in [0.2, 0.25) is 0 Å². The lowest BCUT2D eigenvalue weighted by Crippen LogP contribution is -2.23. The molecule has 2 N–H and O–H groups in total. The summed E-state index contributed by atoms with van der Waals surface area (Å²) in [5, 5.41) is 0. The van der Waals surface area contributed by atoms with Crippen LogP contribution in [0.1, 0.15) is 17.2 Å². The molecule has 0 radical (unpaired) electrons. The third kappa shape index (κ3) is 3.98. The fraction of sp³-hybridized carbons (Fsp3) is 0.389. The lowest BCUT2D eigenvalue weighted by molar-refractivity contribution is 0.278. The topological polar surface area (TPSA) is 68.7 Å². The minimum Gasteiger partial charge on any atom is -0.490 e. The first-order chi connectivity index (χ1) is 11.2. The standard InChI is InChI=1S/C18H22N2O3.ClH/c1-22-18-12-23-15(7-17(18)21)10-20-9-14(8-19)16(11-20)13-5-3-2-4-6-13;/h2-7,12,14,16H,8-11,19H2,1H3;1H/t14-,16+;/m1./s1. The predicted molar refractivity (Wildman–Crippen MR) is 95.8 cm³/mol. The molecule has 1 aromatic carbocycles. The molecule has 1 aliphatic heterocycles. The zero-order chi connectivity index (χ0) is 16.2. The third-order valence-electron chi connectivity index (χ3n) is 4.50. The van der Waals surface area contributed by atoms with E-state index in [0.29, 0.717) is 30.7 Å². The number of ether oxygens (including phenoxy) is 1. The Kier molecular flexibility index (Phi) is 6.43. The Morgan fingerprint density at radius 2 is 2.04 bits per heavy atom. The molecular weight excluding hydrogens is 328 g/mol. The summed E-state index contributed by atoms with van der Waals surface area (Å²) in [6.07, 6.45) is 1.38. The van der Waals surface area contributed by atoms with Crippen molar-refractivity contribution in [3.05, 3.63) is 64.2 Å². The molecule has 0 saturated carbocycles. The van der Waals surface area contributed by atoms with E-state index in [2.05, 4.69) is 29.2 Å². The van der Waals surface area contributed by atoms with Gasteiger partial charge in [-0.3, -0.25) is 9.69 Å². The van der Waals surface area contributed by atoms with Crippen molar-refractivity contribution in [3.8, 4) is 5.75 Å². The van der Waals surface area contributed by atoms with Gasteiger partial charge in [-0.1, -0.05) is 30.3 Å². The van der Waals surface area contributed by atoms with E-state index in [9.17, 15) is 4.79 Å². The van der Waals surface area contributed by atoms with Crippen LogP contribution >= 0.6 is 12.4 Å². The Hall–Kier alpha value is -1.82. The van der Waals surface area contributed by atoms with Crippen molar-refractivity contribution in [3.63, 3.8) is 0 Å². The second kappa shape index (κ2) is 8.33. The number of hydrogen-bond acceptors (Lipinski definition) is 5. The maximum atomic E-state index is 11.8. The number of halogens is 1. The molecule has 2 atom stereocenters. The molecule has 1 aliphatic rings. The Morgan fingerprint density at radius 3 is 2.67 bits per heavy atom. The maximum Gasteiger partial charge on any atom is 0.227 e. The van der Waals surface area contributed by atoms with Gasteiger partial charge < -0.3 is 14.9 Å². The molecular formula is C18H23ClN2O3. The van der Waals surface area contributed by atoms with E-state index >= 15 is 0 Å². The third-order valence-corrected chi connectivity index (χ3v) is 4.50. The second-order valence-electron chi connectivity index (χ2n) is 5.99. The average molecular weight is 351 g/mol. The number of methoxy groups -OCH3 is 1. The molecule has 5 nitrogen and oxygen atoms in total. The first-order valence-corrected chi connectivity index (χ1v) is 7.84. The van der Waals surface area contributed by atoms with Gasteiger partial charge in [0.25, 0.3) is 0 Å². The minimum atomic E-state index is -0.150. The number of nitrogens with two attached hydrogens (primary N) is 1. The lowest BCUT2D eigenvalue weighted by Gasteiger charge is -2.16. The molecule has 0 unspecified atom stereocenters. The van der Waals surface area contributed by atoms with E-state index in [1.165, 1.54) is 25.0 Å². The molecule has 0 spiro atoms. The van der Waals surface area contributed by atoms with Gasteiger partial charge in [0.15, 0.2) is 0 Å². The molecule has 2 aromatic rings. The van der Waals surface area contributed by atoms with Crippen molar-refractivity contribution in [2.24, 2.45) is 11.7 Å². The molecule has 1 fully saturated rings. The first kappa shape index (κ1) is 18.5. The van der Waals surface area contributed by atoms with Gasteiger partial charge in [-0.05, 0) is 18.0 Å². The van der Waals surface area contributed by atoms with Crippen LogP contribution in [0.4, 0.5) is 0 Å². The van der Waals surface area contributed by atoms with Gasteiger partial charge in [0.1, 0.15) is 12.0 Å². The van der Waals surface area contributed by atoms with Crippen LogP contribution in [0, 0.1) is 5.92 Å². The number of hydrogen-bond donors (Lipinski definition) is 1. The lowest BCUT2D eigenvalue weighted by atomic mass is 9.89. The SMILES string of the molecule is COc1coc(CN2C[C@@H](CN)[C@H](c3ccccc3)C2)cc1=O.Cl. The summed E-state index contributed by atoms with van der Waals surface area (Å²) in [4.78, 5) is 14.1. The van der Waals surface area contributed by atoms with E-state index in [-0.39, 0.29) is 23.6 Å². The summed E-state index contributed by atoms with van der Waals surface area (Å²) >= 11 is 0. The summed E-state index contributed by atoms with van der Waals surface area (Å²) < 4.78 is 10.4. The Morgan fingerprint density at radius 1 is 1.29 bits per heavy atom. The van der Waals surface area contributed by atoms with E-state index in [4.69, 9.17) is 14.9 Å². The van der Waals surface area contributed by atoms with E-state index in [0.717, 1.165) is 13.1 Å². The van der Waals surface area contributed by atoms with Gasteiger partial charge in [-0.15, -0.1) is 12.4 Å². The maximum absolute atomic E-state index is 11.8. The molecule has 2 heterocycles. The monoisotopic (exact) mass is 350 g/mol. The second-order valence-corrected chi connectivity index (χ2v) is 5.99. The summed E-state index contributed by atoms with van der Waals surface area (Å²) in [6.45, 7) is 3.09. The van der Waals surface area contributed by atoms with Gasteiger partial charge in [-0.2, -0.15) is 0 Å². The van der Waals surface area contributed by atoms with E-state index < -0.39 is 0 Å². The predicted octanol–water partition coefficient (Wildman–Crippen LogP) is 2.24. The molecule has 0 bridgehead atoms. The summed E-state index contributed by atoms with van der Waals surface area (Å²) in [7, 11) is 1.46. The van der Waals surface area contributed by atoms with Crippen molar-refractivity contribution >= 4 is 12.4 Å². The van der Waals surface area contributed by atoms with Crippen molar-refractivity contribution in [2.45, 2.75) is 12.5 Å². The van der Waals surface area contributed by atoms with Crippen LogP contribution in [0.3, 0.4) is 0 Å². The van der Waals surface area contributed by atoms with Crippen LogP contribution in [0.5, 0.6) is 5.75 Å². The van der Waals surface area contributed by atoms with Crippen molar-refractivity contribution < 1.29 is 9.15 Å². The van der Waals surface area contributed by atoms with Crippen LogP contribution in [0.15, 0.2) is 51.9 Å². The number of rotatable bonds is 5. The minimum absolute atomic E-state index is 0. The molecule has 1 aromatic heterocycles. The zero-order valence-corrected chi connectivity index (χ0v) is 14.5. The highest BCUT2D eigenvalue weighted by molar-refractivity contribution is 5.85. The zero-order valence-electron chi connectivity index (χ0n) is 13.7. The Bertz CT molecular complexity index is 705. The molecule has 3 rings (SSSR count). The van der Waals surface area contributed by atoms with Gasteiger partial charge in [0, 0.05) is 25.1 Å². The van der Waals surface area contributed by atoms with Gasteiger partial charge in [-0.25, -0.2) is 0 Å². The molecule has 0 amide bonds. The normalized spacial score (nSPS) is 20.6. The fourth-order valence-electron chi connectivity index (χ4n) is 3.30. The van der Waals surface area contributed by atoms with E-state index in [1.807, 2.05) is 6.07 Å². The van der Waals surface area contributed by atoms with Crippen molar-refractivity contribution in [1.82, 2.24) is 4.90 Å². The van der Waals surface area contributed by atoms with Crippen molar-refractivity contribution in [1.29, 1.82) is 0 Å². The smallest absolute Gasteiger partial charge is 0.227 e. The Labute approximate surface area is 147 Å². The van der Waals surface area contributed by atoms with Gasteiger partial charge >= 0.3 is 0 Å². The fourth-order valence-corrected chi connectivity index (χ4v) is 3.30. The van der Waals surface area contributed by atoms with Gasteiger partial charge in [0.2, 0.25) is 11.2 Å². The summed E-state index contributed by atoms with van der Waals surface area (Å²) in [5.74, 6) is 1.73. The highest BCUT2D eigenvalue weighted by atomic mass is 35.5. The number of likely N-dealkylation sites (tertiary alicyclic amines) is 1. The van der Waals surface area contributed by atoms with Gasteiger partial charge in [0.05, 0.1) is 13.7 Å². The summed E-state index contributed by atoms with van der Waals surface area (Å²) in [5.41, 5.74) is 7.13. The first-order valence-electron chi connectivity index (χ1n) is 7.84. The molecule has 1 saturated heterocycles. The van der Waals surface area contributed by atoms with Crippen molar-refractivity contribution in [2.75, 3.05) is 26.7 Å². The molecule has 24 heavy (non-hydrogen) atoms. The van der Waals surface area contributed by atoms with E-state index in [1.54, 1.807) is 0 Å². The number of nitrogens with zero attached hydrogens (tertiary/aromatic N) is 1. The summed E-state index contributed by atoms with van der Waals surface area (Å²) in [6, 6.07) is 12.0. The quantitative estimate of drug-likeness (QED) is 0.895. The van der Waals surface area contributed by atoms with Crippen LogP contribution in [-0.4, -0.2) is 31.6 Å². The molecule has 130 valence electrons. The Balaban J connectivity index is 0.00000208. The molecule has 6 heteroatoms. The largest absolute Gasteiger partial charge is 0.490 e.